The highest BCUT2D eigenvalue weighted by Crippen LogP contribution is 2.31. The Bertz CT molecular complexity index is 569. The number of halogens is 3. The van der Waals surface area contributed by atoms with E-state index < -0.39 is 0 Å². The second-order valence-corrected chi connectivity index (χ2v) is 5.99. The minimum absolute atomic E-state index is 0.323. The van der Waals surface area contributed by atoms with Crippen molar-refractivity contribution in [1.29, 1.82) is 0 Å². The van der Waals surface area contributed by atoms with Gasteiger partial charge in [-0.2, -0.15) is 0 Å². The fourth-order valence-electron chi connectivity index (χ4n) is 2.05. The van der Waals surface area contributed by atoms with Crippen LogP contribution >= 0.6 is 34.8 Å². The van der Waals surface area contributed by atoms with Gasteiger partial charge in [-0.3, -0.25) is 0 Å². The summed E-state index contributed by atoms with van der Waals surface area (Å²) in [5.74, 6) is 0. The van der Waals surface area contributed by atoms with Gasteiger partial charge in [-0.25, -0.2) is 0 Å². The van der Waals surface area contributed by atoms with E-state index in [1.807, 2.05) is 18.2 Å². The van der Waals surface area contributed by atoms with Crippen LogP contribution in [0.3, 0.4) is 0 Å². The molecule has 20 heavy (non-hydrogen) atoms. The first-order valence-electron chi connectivity index (χ1n) is 6.47. The smallest absolute Gasteiger partial charge is 0.0652 e. The predicted molar refractivity (Wildman–Crippen MR) is 87.9 cm³/mol. The molecule has 0 fully saturated rings. The summed E-state index contributed by atoms with van der Waals surface area (Å²) in [4.78, 5) is 0. The average molecular weight is 329 g/mol. The number of hydrogen-bond donors (Lipinski definition) is 1. The van der Waals surface area contributed by atoms with Crippen LogP contribution in [0.2, 0.25) is 15.1 Å². The molecule has 4 heteroatoms. The molecular formula is C16H16Cl3N. The topological polar surface area (TPSA) is 12.0 Å². The Labute approximate surface area is 134 Å². The maximum atomic E-state index is 6.19. The van der Waals surface area contributed by atoms with Crippen molar-refractivity contribution >= 4 is 34.8 Å². The second kappa shape index (κ2) is 7.33. The zero-order chi connectivity index (χ0) is 14.5. The van der Waals surface area contributed by atoms with Gasteiger partial charge in [0.1, 0.15) is 0 Å². The van der Waals surface area contributed by atoms with Crippen LogP contribution < -0.4 is 5.32 Å². The lowest BCUT2D eigenvalue weighted by Gasteiger charge is -2.16. The summed E-state index contributed by atoms with van der Waals surface area (Å²) in [6, 6.07) is 14.2. The van der Waals surface area contributed by atoms with E-state index in [1.54, 1.807) is 12.1 Å². The molecule has 0 aliphatic heterocycles. The highest BCUT2D eigenvalue weighted by atomic mass is 35.5. The van der Waals surface area contributed by atoms with Crippen LogP contribution in [-0.2, 0) is 13.0 Å². The Kier molecular flexibility index (Phi) is 5.74. The van der Waals surface area contributed by atoms with Crippen molar-refractivity contribution in [3.8, 4) is 0 Å². The molecule has 1 N–H and O–H groups in total. The van der Waals surface area contributed by atoms with Crippen molar-refractivity contribution in [3.05, 3.63) is 68.7 Å². The van der Waals surface area contributed by atoms with E-state index in [0.717, 1.165) is 12.0 Å². The SMILES string of the molecule is CC(Cc1ccccc1)NCc1c(Cl)ccc(Cl)c1Cl. The Hall–Kier alpha value is -0.730. The zero-order valence-electron chi connectivity index (χ0n) is 11.2. The molecule has 0 amide bonds. The van der Waals surface area contributed by atoms with Gasteiger partial charge in [0.25, 0.3) is 0 Å². The third-order valence-corrected chi connectivity index (χ3v) is 4.35. The maximum Gasteiger partial charge on any atom is 0.0652 e. The van der Waals surface area contributed by atoms with Gasteiger partial charge in [0.05, 0.1) is 10.0 Å². The van der Waals surface area contributed by atoms with Gasteiger partial charge in [0.15, 0.2) is 0 Å². The maximum absolute atomic E-state index is 6.19. The number of nitrogens with one attached hydrogen (secondary N) is 1. The van der Waals surface area contributed by atoms with Crippen LogP contribution in [-0.4, -0.2) is 6.04 Å². The summed E-state index contributed by atoms with van der Waals surface area (Å²) in [6.07, 6.45) is 0.955. The quantitative estimate of drug-likeness (QED) is 0.728. The first kappa shape index (κ1) is 15.7. The molecule has 0 spiro atoms. The Morgan fingerprint density at radius 3 is 2.30 bits per heavy atom. The van der Waals surface area contributed by atoms with Crippen LogP contribution in [0, 0.1) is 0 Å². The predicted octanol–water partition coefficient (Wildman–Crippen LogP) is 5.37. The number of benzene rings is 2. The fourth-order valence-corrected chi connectivity index (χ4v) is 2.73. The summed E-state index contributed by atoms with van der Waals surface area (Å²) in [5.41, 5.74) is 2.15. The summed E-state index contributed by atoms with van der Waals surface area (Å²) >= 11 is 18.4. The monoisotopic (exact) mass is 327 g/mol. The minimum Gasteiger partial charge on any atom is -0.310 e. The second-order valence-electron chi connectivity index (χ2n) is 4.79. The van der Waals surface area contributed by atoms with E-state index in [2.05, 4.69) is 24.4 Å². The molecule has 2 aromatic carbocycles. The van der Waals surface area contributed by atoms with Gasteiger partial charge in [-0.15, -0.1) is 0 Å². The van der Waals surface area contributed by atoms with E-state index in [-0.39, 0.29) is 0 Å². The normalized spacial score (nSPS) is 12.4. The lowest BCUT2D eigenvalue weighted by atomic mass is 10.1. The van der Waals surface area contributed by atoms with Crippen LogP contribution in [0.4, 0.5) is 0 Å². The van der Waals surface area contributed by atoms with Crippen LogP contribution in [0.15, 0.2) is 42.5 Å². The molecule has 0 bridgehead atoms. The number of hydrogen-bond acceptors (Lipinski definition) is 1. The van der Waals surface area contributed by atoms with Gasteiger partial charge >= 0.3 is 0 Å². The van der Waals surface area contributed by atoms with Crippen molar-refractivity contribution in [2.24, 2.45) is 0 Å². The molecule has 1 unspecified atom stereocenters. The Balaban J connectivity index is 1.97. The molecule has 1 atom stereocenters. The molecule has 0 radical (unpaired) electrons. The van der Waals surface area contributed by atoms with Crippen LogP contribution in [0.1, 0.15) is 18.1 Å². The lowest BCUT2D eigenvalue weighted by Crippen LogP contribution is -2.27. The molecule has 0 aliphatic rings. The van der Waals surface area contributed by atoms with Crippen molar-refractivity contribution < 1.29 is 0 Å². The number of rotatable bonds is 5. The van der Waals surface area contributed by atoms with Gasteiger partial charge in [0, 0.05) is 23.2 Å². The summed E-state index contributed by atoms with van der Waals surface area (Å²) < 4.78 is 0. The first-order valence-corrected chi connectivity index (χ1v) is 7.61. The molecule has 0 aromatic heterocycles. The zero-order valence-corrected chi connectivity index (χ0v) is 13.4. The molecule has 0 saturated heterocycles. The third-order valence-electron chi connectivity index (χ3n) is 3.15. The van der Waals surface area contributed by atoms with E-state index >= 15 is 0 Å². The van der Waals surface area contributed by atoms with Crippen molar-refractivity contribution in [1.82, 2.24) is 5.32 Å². The van der Waals surface area contributed by atoms with Crippen molar-refractivity contribution in [2.75, 3.05) is 0 Å². The lowest BCUT2D eigenvalue weighted by molar-refractivity contribution is 0.545. The van der Waals surface area contributed by atoms with Crippen molar-refractivity contribution in [2.45, 2.75) is 25.9 Å². The largest absolute Gasteiger partial charge is 0.310 e. The first-order chi connectivity index (χ1) is 9.58. The van der Waals surface area contributed by atoms with Crippen LogP contribution in [0.25, 0.3) is 0 Å². The molecule has 2 rings (SSSR count). The fraction of sp³-hybridized carbons (Fsp3) is 0.250. The molecule has 106 valence electrons. The molecule has 0 saturated carbocycles. The summed E-state index contributed by atoms with van der Waals surface area (Å²) in [7, 11) is 0. The molecule has 0 aliphatic carbocycles. The molecule has 0 heterocycles. The van der Waals surface area contributed by atoms with Gasteiger partial charge < -0.3 is 5.32 Å². The average Bonchev–Trinajstić information content (AvgIpc) is 2.44. The van der Waals surface area contributed by atoms with Gasteiger partial charge in [-0.1, -0.05) is 65.1 Å². The van der Waals surface area contributed by atoms with E-state index in [1.165, 1.54) is 5.56 Å². The molecule has 2 aromatic rings. The van der Waals surface area contributed by atoms with E-state index in [9.17, 15) is 0 Å². The molecular weight excluding hydrogens is 313 g/mol. The highest BCUT2D eigenvalue weighted by molar-refractivity contribution is 6.44. The molecule has 1 nitrogen and oxygen atoms in total. The van der Waals surface area contributed by atoms with E-state index in [4.69, 9.17) is 34.8 Å². The van der Waals surface area contributed by atoms with Crippen LogP contribution in [0.5, 0.6) is 0 Å². The Morgan fingerprint density at radius 2 is 1.60 bits per heavy atom. The Morgan fingerprint density at radius 1 is 0.950 bits per heavy atom. The van der Waals surface area contributed by atoms with Gasteiger partial charge in [-0.05, 0) is 31.0 Å². The minimum atomic E-state index is 0.323. The summed E-state index contributed by atoms with van der Waals surface area (Å²) in [5, 5.41) is 5.12. The van der Waals surface area contributed by atoms with Crippen molar-refractivity contribution in [3.63, 3.8) is 0 Å². The van der Waals surface area contributed by atoms with E-state index in [0.29, 0.717) is 27.7 Å². The summed E-state index contributed by atoms with van der Waals surface area (Å²) in [6.45, 7) is 2.74. The standard InChI is InChI=1S/C16H16Cl3N/c1-11(9-12-5-3-2-4-6-12)20-10-13-14(17)7-8-15(18)16(13)19/h2-8,11,20H,9-10H2,1H3. The highest BCUT2D eigenvalue weighted by Gasteiger charge is 2.11. The van der Waals surface area contributed by atoms with Gasteiger partial charge in [0.2, 0.25) is 0 Å². The third kappa shape index (κ3) is 4.13.